The number of aryl methyl sites for hydroxylation is 1. The van der Waals surface area contributed by atoms with Crippen molar-refractivity contribution in [3.05, 3.63) is 71.9 Å². The van der Waals surface area contributed by atoms with Gasteiger partial charge in [-0.25, -0.2) is 4.98 Å². The van der Waals surface area contributed by atoms with E-state index in [1.165, 1.54) is 6.08 Å². The van der Waals surface area contributed by atoms with Crippen molar-refractivity contribution in [2.24, 2.45) is 0 Å². The van der Waals surface area contributed by atoms with Crippen LogP contribution in [0.1, 0.15) is 19.4 Å². The Labute approximate surface area is 197 Å². The third-order valence-electron chi connectivity index (χ3n) is 4.32. The van der Waals surface area contributed by atoms with E-state index in [0.29, 0.717) is 33.9 Å². The normalized spacial score (nSPS) is 10.9. The zero-order valence-electron chi connectivity index (χ0n) is 18.6. The van der Waals surface area contributed by atoms with Crippen LogP contribution in [0.2, 0.25) is 5.02 Å². The summed E-state index contributed by atoms with van der Waals surface area (Å²) in [6, 6.07) is 12.5. The van der Waals surface area contributed by atoms with Crippen molar-refractivity contribution in [3.63, 3.8) is 0 Å². The number of benzene rings is 2. The van der Waals surface area contributed by atoms with Gasteiger partial charge in [-0.15, -0.1) is 0 Å². The van der Waals surface area contributed by atoms with Crippen molar-refractivity contribution < 1.29 is 14.6 Å². The fraction of sp³-hybridized carbons (Fsp3) is 0.208. The average Bonchev–Trinajstić information content (AvgIpc) is 2.76. The van der Waals surface area contributed by atoms with Crippen molar-refractivity contribution in [3.8, 4) is 5.75 Å². The van der Waals surface area contributed by atoms with Crippen molar-refractivity contribution in [1.82, 2.24) is 9.97 Å². The Morgan fingerprint density at radius 2 is 1.91 bits per heavy atom. The lowest BCUT2D eigenvalue weighted by atomic mass is 10.2. The van der Waals surface area contributed by atoms with Crippen LogP contribution in [-0.2, 0) is 4.79 Å². The number of carbonyl (C=O) groups is 1. The van der Waals surface area contributed by atoms with Crippen LogP contribution in [0.15, 0.2) is 61.3 Å². The molecular formula is C24H26ClN5O3. The van der Waals surface area contributed by atoms with Gasteiger partial charge in [0, 0.05) is 34.9 Å². The molecule has 0 aliphatic heterocycles. The van der Waals surface area contributed by atoms with Crippen molar-refractivity contribution in [2.45, 2.75) is 26.4 Å². The molecule has 8 nitrogen and oxygen atoms in total. The van der Waals surface area contributed by atoms with Crippen molar-refractivity contribution >= 4 is 46.3 Å². The largest absolute Gasteiger partial charge is 0.489 e. The summed E-state index contributed by atoms with van der Waals surface area (Å²) in [4.78, 5) is 20.4. The van der Waals surface area contributed by atoms with Crippen molar-refractivity contribution in [2.75, 3.05) is 22.6 Å². The van der Waals surface area contributed by atoms with E-state index in [1.807, 2.05) is 19.1 Å². The highest BCUT2D eigenvalue weighted by Gasteiger charge is 2.15. The third kappa shape index (κ3) is 7.20. The number of halogens is 1. The number of nitrogens with one attached hydrogen (secondary N) is 3. The van der Waals surface area contributed by atoms with Gasteiger partial charge in [0.25, 0.3) is 0 Å². The average molecular weight is 468 g/mol. The molecule has 4 N–H and O–H groups in total. The molecule has 1 amide bonds. The maximum absolute atomic E-state index is 11.6. The number of amides is 1. The summed E-state index contributed by atoms with van der Waals surface area (Å²) in [7, 11) is 0. The zero-order chi connectivity index (χ0) is 24.0. The summed E-state index contributed by atoms with van der Waals surface area (Å²) in [5.74, 6) is 1.13. The molecule has 172 valence electrons. The minimum atomic E-state index is -0.987. The first kappa shape index (κ1) is 24.0. The Balaban J connectivity index is 1.76. The molecule has 0 aliphatic carbocycles. The van der Waals surface area contributed by atoms with Gasteiger partial charge in [0.1, 0.15) is 18.2 Å². The fourth-order valence-electron chi connectivity index (χ4n) is 2.71. The minimum absolute atomic E-state index is 0.0948. The van der Waals surface area contributed by atoms with Gasteiger partial charge in [-0.2, -0.15) is 4.98 Å². The molecule has 0 radical (unpaired) electrons. The first-order valence-electron chi connectivity index (χ1n) is 10.2. The van der Waals surface area contributed by atoms with Gasteiger partial charge in [0.15, 0.2) is 0 Å². The predicted molar refractivity (Wildman–Crippen MR) is 132 cm³/mol. The lowest BCUT2D eigenvalue weighted by Crippen LogP contribution is -2.27. The molecule has 0 saturated carbocycles. The standard InChI is InChI=1S/C24H26ClN5O3/c1-5-21(31)27-16-7-6-8-17(11-16)28-22-15(2)13-26-23(30-22)29-18-9-10-19(25)20(12-18)33-14-24(3,4)32/h5-13,32H,1,14H2,2-4H3,(H,27,31)(H2,26,28,29,30). The van der Waals surface area contributed by atoms with Crippen molar-refractivity contribution in [1.29, 1.82) is 0 Å². The summed E-state index contributed by atoms with van der Waals surface area (Å²) in [6.45, 7) is 8.75. The quantitative estimate of drug-likeness (QED) is 0.320. The molecule has 0 atom stereocenters. The zero-order valence-corrected chi connectivity index (χ0v) is 19.4. The molecule has 3 rings (SSSR count). The highest BCUT2D eigenvalue weighted by atomic mass is 35.5. The Morgan fingerprint density at radius 3 is 2.64 bits per heavy atom. The second-order valence-corrected chi connectivity index (χ2v) is 8.40. The third-order valence-corrected chi connectivity index (χ3v) is 4.63. The summed E-state index contributed by atoms with van der Waals surface area (Å²) >= 11 is 6.21. The molecular weight excluding hydrogens is 442 g/mol. The smallest absolute Gasteiger partial charge is 0.247 e. The summed E-state index contributed by atoms with van der Waals surface area (Å²) in [5, 5.41) is 19.4. The Bertz CT molecular complexity index is 1160. The summed E-state index contributed by atoms with van der Waals surface area (Å²) in [6.07, 6.45) is 2.91. The second kappa shape index (κ2) is 10.3. The molecule has 0 aliphatic rings. The van der Waals surface area contributed by atoms with E-state index in [2.05, 4.69) is 32.5 Å². The topological polar surface area (TPSA) is 108 Å². The van der Waals surface area contributed by atoms with Gasteiger partial charge in [-0.05, 0) is 57.2 Å². The minimum Gasteiger partial charge on any atom is -0.489 e. The number of aromatic nitrogens is 2. The Hall–Kier alpha value is -3.62. The number of hydrogen-bond donors (Lipinski definition) is 4. The maximum atomic E-state index is 11.6. The summed E-state index contributed by atoms with van der Waals surface area (Å²) in [5.41, 5.74) is 1.91. The fourth-order valence-corrected chi connectivity index (χ4v) is 2.88. The van der Waals surface area contributed by atoms with Crippen LogP contribution in [0.25, 0.3) is 0 Å². The van der Waals surface area contributed by atoms with Gasteiger partial charge < -0.3 is 25.8 Å². The van der Waals surface area contributed by atoms with Gasteiger partial charge in [-0.1, -0.05) is 24.2 Å². The molecule has 1 heterocycles. The van der Waals surface area contributed by atoms with Gasteiger partial charge in [0.2, 0.25) is 11.9 Å². The molecule has 1 aromatic heterocycles. The molecule has 9 heteroatoms. The lowest BCUT2D eigenvalue weighted by molar-refractivity contribution is -0.111. The highest BCUT2D eigenvalue weighted by molar-refractivity contribution is 6.32. The van der Waals surface area contributed by atoms with E-state index >= 15 is 0 Å². The van der Waals surface area contributed by atoms with E-state index in [4.69, 9.17) is 16.3 Å². The molecule has 3 aromatic rings. The predicted octanol–water partition coefficient (Wildman–Crippen LogP) is 5.20. The molecule has 2 aromatic carbocycles. The van der Waals surface area contributed by atoms with Crippen LogP contribution < -0.4 is 20.7 Å². The van der Waals surface area contributed by atoms with Gasteiger partial charge in [-0.3, -0.25) is 4.79 Å². The summed E-state index contributed by atoms with van der Waals surface area (Å²) < 4.78 is 5.64. The number of rotatable bonds is 9. The first-order chi connectivity index (χ1) is 15.6. The van der Waals surface area contributed by atoms with Crippen LogP contribution >= 0.6 is 11.6 Å². The highest BCUT2D eigenvalue weighted by Crippen LogP contribution is 2.30. The number of hydrogen-bond acceptors (Lipinski definition) is 7. The van der Waals surface area contributed by atoms with Crippen LogP contribution in [0.5, 0.6) is 5.75 Å². The molecule has 0 unspecified atom stereocenters. The number of carbonyl (C=O) groups excluding carboxylic acids is 1. The van der Waals surface area contributed by atoms with E-state index in [9.17, 15) is 9.90 Å². The number of ether oxygens (including phenoxy) is 1. The lowest BCUT2D eigenvalue weighted by Gasteiger charge is -2.19. The molecule has 33 heavy (non-hydrogen) atoms. The monoisotopic (exact) mass is 467 g/mol. The number of aliphatic hydroxyl groups is 1. The van der Waals surface area contributed by atoms with E-state index in [0.717, 1.165) is 11.3 Å². The van der Waals surface area contributed by atoms with Crippen LogP contribution in [0.3, 0.4) is 0 Å². The SMILES string of the molecule is C=CC(=O)Nc1cccc(Nc2nc(Nc3ccc(Cl)c(OCC(C)(C)O)c3)ncc2C)c1. The second-order valence-electron chi connectivity index (χ2n) is 8.00. The van der Waals surface area contributed by atoms with Crippen LogP contribution in [-0.4, -0.2) is 33.2 Å². The van der Waals surface area contributed by atoms with E-state index in [-0.39, 0.29) is 12.5 Å². The first-order valence-corrected chi connectivity index (χ1v) is 10.6. The Morgan fingerprint density at radius 1 is 1.18 bits per heavy atom. The van der Waals surface area contributed by atoms with E-state index < -0.39 is 5.60 Å². The molecule has 0 saturated heterocycles. The van der Waals surface area contributed by atoms with Gasteiger partial charge in [0.05, 0.1) is 10.6 Å². The maximum Gasteiger partial charge on any atom is 0.247 e. The van der Waals surface area contributed by atoms with E-state index in [1.54, 1.807) is 50.4 Å². The number of nitrogens with zero attached hydrogens (tertiary/aromatic N) is 2. The molecule has 0 bridgehead atoms. The van der Waals surface area contributed by atoms with Crippen LogP contribution in [0, 0.1) is 6.92 Å². The Kier molecular flexibility index (Phi) is 7.52. The van der Waals surface area contributed by atoms with Crippen LogP contribution in [0.4, 0.5) is 28.8 Å². The molecule has 0 fully saturated rings. The van der Waals surface area contributed by atoms with Gasteiger partial charge >= 0.3 is 0 Å². The number of anilines is 5. The molecule has 0 spiro atoms.